The van der Waals surface area contributed by atoms with E-state index in [0.717, 1.165) is 13.0 Å². The van der Waals surface area contributed by atoms with Gasteiger partial charge in [-0.25, -0.2) is 0 Å². The molecule has 4 heteroatoms. The van der Waals surface area contributed by atoms with Crippen LogP contribution in [0.4, 0.5) is 0 Å². The number of likely N-dealkylation sites (N-methyl/N-ethyl adjacent to an activating group) is 1. The van der Waals surface area contributed by atoms with E-state index in [1.54, 1.807) is 4.90 Å². The van der Waals surface area contributed by atoms with Crippen molar-refractivity contribution in [1.82, 2.24) is 4.90 Å². The monoisotopic (exact) mass is 270 g/mol. The van der Waals surface area contributed by atoms with Crippen LogP contribution in [0.3, 0.4) is 0 Å². The highest BCUT2D eigenvalue weighted by atomic mass is 16.5. The van der Waals surface area contributed by atoms with Gasteiger partial charge >= 0.3 is 0 Å². The molecule has 4 nitrogen and oxygen atoms in total. The van der Waals surface area contributed by atoms with Gasteiger partial charge in [-0.1, -0.05) is 34.1 Å². The number of carbonyl (C=O) groups is 1. The Balaban J connectivity index is 2.72. The fraction of sp³-hybridized carbons (Fsp3) is 0.933. The zero-order valence-electron chi connectivity index (χ0n) is 13.3. The lowest BCUT2D eigenvalue weighted by atomic mass is 9.54. The van der Waals surface area contributed by atoms with Gasteiger partial charge < -0.3 is 15.4 Å². The highest BCUT2D eigenvalue weighted by Crippen LogP contribution is 2.50. The number of hydrogen-bond donors (Lipinski definition) is 1. The molecular weight excluding hydrogens is 240 g/mol. The molecule has 1 amide bonds. The van der Waals surface area contributed by atoms with Crippen LogP contribution in [-0.4, -0.2) is 42.6 Å². The van der Waals surface area contributed by atoms with Crippen molar-refractivity contribution in [3.8, 4) is 0 Å². The molecule has 1 aliphatic carbocycles. The van der Waals surface area contributed by atoms with Crippen LogP contribution >= 0.6 is 0 Å². The molecule has 2 N–H and O–H groups in total. The second-order valence-corrected chi connectivity index (χ2v) is 6.54. The largest absolute Gasteiger partial charge is 0.378 e. The molecule has 0 aromatic rings. The molecule has 3 atom stereocenters. The summed E-state index contributed by atoms with van der Waals surface area (Å²) in [6.07, 6.45) is 1.78. The van der Waals surface area contributed by atoms with E-state index in [1.807, 2.05) is 27.8 Å². The molecule has 0 aliphatic heterocycles. The first kappa shape index (κ1) is 16.4. The Bertz CT molecular complexity index is 330. The quantitative estimate of drug-likeness (QED) is 0.803. The predicted octanol–water partition coefficient (Wildman–Crippen LogP) is 2.02. The molecule has 1 aliphatic rings. The minimum absolute atomic E-state index is 0.0498. The highest BCUT2D eigenvalue weighted by Gasteiger charge is 2.63. The number of hydrogen-bond acceptors (Lipinski definition) is 3. The van der Waals surface area contributed by atoms with Crippen LogP contribution in [0.25, 0.3) is 0 Å². The van der Waals surface area contributed by atoms with Gasteiger partial charge in [0.15, 0.2) is 0 Å². The maximum Gasteiger partial charge on any atom is 0.243 e. The first-order valence-corrected chi connectivity index (χ1v) is 7.36. The summed E-state index contributed by atoms with van der Waals surface area (Å²) >= 11 is 0. The van der Waals surface area contributed by atoms with E-state index in [2.05, 4.69) is 13.8 Å². The molecule has 1 saturated carbocycles. The van der Waals surface area contributed by atoms with Crippen molar-refractivity contribution >= 4 is 5.91 Å². The zero-order chi connectivity index (χ0) is 14.8. The normalized spacial score (nSPS) is 30.6. The lowest BCUT2D eigenvalue weighted by Crippen LogP contribution is -2.75. The van der Waals surface area contributed by atoms with Crippen molar-refractivity contribution in [3.63, 3.8) is 0 Å². The number of nitrogens with two attached hydrogens (primary N) is 1. The van der Waals surface area contributed by atoms with E-state index in [-0.39, 0.29) is 17.4 Å². The second-order valence-electron chi connectivity index (χ2n) is 6.54. The standard InChI is InChI=1S/C15H30N2O2/c1-7-11(3)10-17(6)13(18)15(16)9-12(19-8-2)14(15,4)5/h11-12H,7-10,16H2,1-6H3. The average molecular weight is 270 g/mol. The van der Waals surface area contributed by atoms with Gasteiger partial charge in [-0.15, -0.1) is 0 Å². The van der Waals surface area contributed by atoms with Gasteiger partial charge in [0.05, 0.1) is 6.10 Å². The van der Waals surface area contributed by atoms with E-state index in [9.17, 15) is 4.79 Å². The maximum absolute atomic E-state index is 12.6. The van der Waals surface area contributed by atoms with Gasteiger partial charge in [0.25, 0.3) is 0 Å². The van der Waals surface area contributed by atoms with Gasteiger partial charge in [0.2, 0.25) is 5.91 Å². The Morgan fingerprint density at radius 2 is 2.05 bits per heavy atom. The predicted molar refractivity (Wildman–Crippen MR) is 77.8 cm³/mol. The summed E-state index contributed by atoms with van der Waals surface area (Å²) in [5, 5.41) is 0. The first-order chi connectivity index (χ1) is 8.70. The molecule has 19 heavy (non-hydrogen) atoms. The highest BCUT2D eigenvalue weighted by molar-refractivity contribution is 5.88. The van der Waals surface area contributed by atoms with E-state index < -0.39 is 5.54 Å². The van der Waals surface area contributed by atoms with Gasteiger partial charge in [-0.3, -0.25) is 4.79 Å². The SMILES string of the molecule is CCOC1CC(N)(C(=O)N(C)CC(C)CC)C1(C)C. The average Bonchev–Trinajstić information content (AvgIpc) is 2.36. The minimum atomic E-state index is -0.783. The van der Waals surface area contributed by atoms with E-state index in [4.69, 9.17) is 10.5 Å². The number of amides is 1. The summed E-state index contributed by atoms with van der Waals surface area (Å²) in [5.74, 6) is 0.553. The number of rotatable bonds is 6. The fourth-order valence-electron chi connectivity index (χ4n) is 2.82. The van der Waals surface area contributed by atoms with Gasteiger partial charge in [-0.05, 0) is 12.8 Å². The topological polar surface area (TPSA) is 55.6 Å². The Labute approximate surface area is 117 Å². The number of ether oxygens (including phenoxy) is 1. The molecule has 0 saturated heterocycles. The number of carbonyl (C=O) groups excluding carboxylic acids is 1. The van der Waals surface area contributed by atoms with Crippen molar-refractivity contribution in [2.75, 3.05) is 20.2 Å². The van der Waals surface area contributed by atoms with Crippen LogP contribution in [0, 0.1) is 11.3 Å². The molecule has 0 aromatic heterocycles. The van der Waals surface area contributed by atoms with E-state index >= 15 is 0 Å². The van der Waals surface area contributed by atoms with Crippen molar-refractivity contribution in [2.24, 2.45) is 17.1 Å². The van der Waals surface area contributed by atoms with Crippen LogP contribution in [0.15, 0.2) is 0 Å². The van der Waals surface area contributed by atoms with Crippen LogP contribution < -0.4 is 5.73 Å². The molecule has 1 fully saturated rings. The van der Waals surface area contributed by atoms with Gasteiger partial charge in [-0.2, -0.15) is 0 Å². The van der Waals surface area contributed by atoms with E-state index in [1.165, 1.54) is 0 Å². The minimum Gasteiger partial charge on any atom is -0.378 e. The summed E-state index contributed by atoms with van der Waals surface area (Å²) in [7, 11) is 1.85. The Morgan fingerprint density at radius 1 is 1.47 bits per heavy atom. The fourth-order valence-corrected chi connectivity index (χ4v) is 2.82. The Kier molecular flexibility index (Phi) is 5.02. The van der Waals surface area contributed by atoms with Crippen molar-refractivity contribution in [3.05, 3.63) is 0 Å². The molecule has 0 spiro atoms. The lowest BCUT2D eigenvalue weighted by Gasteiger charge is -2.58. The maximum atomic E-state index is 12.6. The smallest absolute Gasteiger partial charge is 0.243 e. The molecule has 1 rings (SSSR count). The Hall–Kier alpha value is -0.610. The first-order valence-electron chi connectivity index (χ1n) is 7.36. The molecule has 0 aromatic carbocycles. The molecule has 0 radical (unpaired) electrons. The molecule has 0 heterocycles. The van der Waals surface area contributed by atoms with Crippen molar-refractivity contribution < 1.29 is 9.53 Å². The summed E-state index contributed by atoms with van der Waals surface area (Å²) < 4.78 is 5.67. The molecular formula is C15H30N2O2. The zero-order valence-corrected chi connectivity index (χ0v) is 13.3. The third-order valence-corrected chi connectivity index (χ3v) is 4.84. The van der Waals surface area contributed by atoms with Crippen LogP contribution in [-0.2, 0) is 9.53 Å². The van der Waals surface area contributed by atoms with Crippen LogP contribution in [0.5, 0.6) is 0 Å². The molecule has 3 unspecified atom stereocenters. The lowest BCUT2D eigenvalue weighted by molar-refractivity contribution is -0.178. The summed E-state index contributed by atoms with van der Waals surface area (Å²) in [6, 6.07) is 0. The van der Waals surface area contributed by atoms with Crippen LogP contribution in [0.2, 0.25) is 0 Å². The summed E-state index contributed by atoms with van der Waals surface area (Å²) in [6.45, 7) is 11.8. The molecule has 112 valence electrons. The summed E-state index contributed by atoms with van der Waals surface area (Å²) in [4.78, 5) is 14.4. The Morgan fingerprint density at radius 3 is 2.47 bits per heavy atom. The summed E-state index contributed by atoms with van der Waals surface area (Å²) in [5.41, 5.74) is 5.31. The van der Waals surface area contributed by atoms with Crippen molar-refractivity contribution in [2.45, 2.75) is 59.1 Å². The van der Waals surface area contributed by atoms with Crippen LogP contribution in [0.1, 0.15) is 47.5 Å². The third-order valence-electron chi connectivity index (χ3n) is 4.84. The van der Waals surface area contributed by atoms with E-state index in [0.29, 0.717) is 18.9 Å². The van der Waals surface area contributed by atoms with Crippen molar-refractivity contribution in [1.29, 1.82) is 0 Å². The van der Waals surface area contributed by atoms with Gasteiger partial charge in [0, 0.05) is 32.0 Å². The second kappa shape index (κ2) is 5.80. The van der Waals surface area contributed by atoms with Gasteiger partial charge in [0.1, 0.15) is 5.54 Å². The number of nitrogens with zero attached hydrogens (tertiary/aromatic N) is 1. The third kappa shape index (κ3) is 2.79. The molecule has 0 bridgehead atoms.